The van der Waals surface area contributed by atoms with Crippen molar-refractivity contribution in [1.29, 1.82) is 0 Å². The van der Waals surface area contributed by atoms with Crippen LogP contribution in [0.4, 0.5) is 0 Å². The Morgan fingerprint density at radius 1 is 1.06 bits per heavy atom. The number of carbonyl (C=O) groups is 3. The number of rotatable bonds is 15. The Balaban J connectivity index is 1.36. The summed E-state index contributed by atoms with van der Waals surface area (Å²) in [6.45, 7) is 22.2. The second kappa shape index (κ2) is 15.9. The highest BCUT2D eigenvalue weighted by molar-refractivity contribution is 6.30. The summed E-state index contributed by atoms with van der Waals surface area (Å²) in [6, 6.07) is 8.21. The number of nitrogens with zero attached hydrogens (tertiary/aromatic N) is 1. The Morgan fingerprint density at radius 2 is 1.79 bits per heavy atom. The fourth-order valence-corrected chi connectivity index (χ4v) is 12.3. The van der Waals surface area contributed by atoms with Crippen LogP contribution in [0.25, 0.3) is 0 Å². The van der Waals surface area contributed by atoms with Crippen LogP contribution in [0.3, 0.4) is 0 Å². The van der Waals surface area contributed by atoms with Crippen LogP contribution in [0.1, 0.15) is 145 Å². The molecule has 290 valence electrons. The molecule has 8 unspecified atom stereocenters. The zero-order valence-electron chi connectivity index (χ0n) is 33.8. The van der Waals surface area contributed by atoms with E-state index in [1.807, 2.05) is 19.1 Å². The number of ketones is 1. The number of carboxylic acids is 1. The van der Waals surface area contributed by atoms with Gasteiger partial charge < -0.3 is 9.84 Å². The van der Waals surface area contributed by atoms with Crippen LogP contribution in [0.5, 0.6) is 0 Å². The lowest BCUT2D eigenvalue weighted by Crippen LogP contribution is -2.57. The smallest absolute Gasteiger partial charge is 0.309 e. The van der Waals surface area contributed by atoms with Crippen molar-refractivity contribution < 1.29 is 24.2 Å². The van der Waals surface area contributed by atoms with Crippen LogP contribution < -0.4 is 0 Å². The predicted octanol–water partition coefficient (Wildman–Crippen LogP) is 10.9. The van der Waals surface area contributed by atoms with Gasteiger partial charge in [0.05, 0.1) is 17.9 Å². The molecule has 7 heteroatoms. The Kier molecular flexibility index (Phi) is 12.5. The van der Waals surface area contributed by atoms with Crippen molar-refractivity contribution in [3.8, 4) is 0 Å². The van der Waals surface area contributed by atoms with Crippen LogP contribution >= 0.6 is 11.6 Å². The van der Waals surface area contributed by atoms with Gasteiger partial charge in [0.25, 0.3) is 0 Å². The van der Waals surface area contributed by atoms with E-state index < -0.39 is 17.4 Å². The lowest BCUT2D eigenvalue weighted by molar-refractivity contribution is -0.161. The molecule has 0 heterocycles. The van der Waals surface area contributed by atoms with E-state index in [1.54, 1.807) is 19.4 Å². The number of hydrogen-bond donors (Lipinski definition) is 1. The Labute approximate surface area is 319 Å². The summed E-state index contributed by atoms with van der Waals surface area (Å²) < 4.78 is 5.83. The number of Topliss-reactive ketones (excluding diaryl/α,β-unsaturated/α-hetero) is 1. The lowest BCUT2D eigenvalue weighted by atomic mass is 9.39. The average molecular weight is 738 g/mol. The van der Waals surface area contributed by atoms with Crippen molar-refractivity contribution in [2.24, 2.45) is 51.2 Å². The van der Waals surface area contributed by atoms with Crippen molar-refractivity contribution in [2.75, 3.05) is 13.1 Å². The van der Waals surface area contributed by atoms with Gasteiger partial charge in [0, 0.05) is 23.4 Å². The molecule has 5 rings (SSSR count). The third-order valence-electron chi connectivity index (χ3n) is 14.9. The monoisotopic (exact) mass is 737 g/mol. The molecule has 1 aromatic rings. The molecular weight excluding hydrogens is 670 g/mol. The average Bonchev–Trinajstić information content (AvgIpc) is 3.38. The molecule has 1 N–H and O–H groups in total. The van der Waals surface area contributed by atoms with Crippen LogP contribution in [-0.2, 0) is 25.7 Å². The van der Waals surface area contributed by atoms with Crippen LogP contribution in [0.2, 0.25) is 5.02 Å². The molecule has 6 nitrogen and oxygen atoms in total. The topological polar surface area (TPSA) is 83.9 Å². The fourth-order valence-electron chi connectivity index (χ4n) is 12.1. The SMILES string of the molecule is CCC1CCC2(C)C3CCC4(CCN(CC)Cc5cccc(Cl)c5)CC(=O)C(C(C)C)=C4C3CCC2C1(C)CCC(C)OC(=O)CC(C)(C)C(=O)O. The van der Waals surface area contributed by atoms with Gasteiger partial charge in [-0.1, -0.05) is 77.3 Å². The van der Waals surface area contributed by atoms with Gasteiger partial charge in [0.15, 0.2) is 5.78 Å². The second-order valence-electron chi connectivity index (χ2n) is 18.9. The van der Waals surface area contributed by atoms with Gasteiger partial charge in [-0.2, -0.15) is 0 Å². The number of ether oxygens (including phenoxy) is 1. The van der Waals surface area contributed by atoms with E-state index in [0.29, 0.717) is 35.9 Å². The molecular formula is C45H68ClNO5. The van der Waals surface area contributed by atoms with Gasteiger partial charge in [0.2, 0.25) is 0 Å². The number of carbonyl (C=O) groups excluding carboxylic acids is 2. The lowest BCUT2D eigenvalue weighted by Gasteiger charge is -2.65. The summed E-state index contributed by atoms with van der Waals surface area (Å²) in [5.41, 5.74) is 3.13. The highest BCUT2D eigenvalue weighted by atomic mass is 35.5. The van der Waals surface area contributed by atoms with Gasteiger partial charge in [-0.15, -0.1) is 0 Å². The maximum absolute atomic E-state index is 14.0. The maximum atomic E-state index is 14.0. The van der Waals surface area contributed by atoms with E-state index in [-0.39, 0.29) is 34.7 Å². The molecule has 1 aromatic carbocycles. The highest BCUT2D eigenvalue weighted by Crippen LogP contribution is 2.70. The largest absolute Gasteiger partial charge is 0.481 e. The summed E-state index contributed by atoms with van der Waals surface area (Å²) in [4.78, 5) is 40.9. The summed E-state index contributed by atoms with van der Waals surface area (Å²) in [7, 11) is 0. The Morgan fingerprint density at radius 3 is 2.42 bits per heavy atom. The van der Waals surface area contributed by atoms with Crippen molar-refractivity contribution >= 4 is 29.3 Å². The zero-order chi connectivity index (χ0) is 38.2. The minimum absolute atomic E-state index is 0.0265. The van der Waals surface area contributed by atoms with Crippen LogP contribution in [-0.4, -0.2) is 46.9 Å². The highest BCUT2D eigenvalue weighted by Gasteiger charge is 2.63. The first-order valence-electron chi connectivity index (χ1n) is 20.6. The Hall–Kier alpha value is -2.18. The number of allylic oxidation sites excluding steroid dienone is 2. The van der Waals surface area contributed by atoms with Gasteiger partial charge in [-0.3, -0.25) is 19.3 Å². The molecule has 0 aliphatic heterocycles. The van der Waals surface area contributed by atoms with Crippen molar-refractivity contribution in [3.05, 3.63) is 46.0 Å². The summed E-state index contributed by atoms with van der Waals surface area (Å²) >= 11 is 6.34. The van der Waals surface area contributed by atoms with Crippen molar-refractivity contribution in [1.82, 2.24) is 4.90 Å². The first-order chi connectivity index (χ1) is 24.4. The van der Waals surface area contributed by atoms with E-state index in [9.17, 15) is 19.5 Å². The molecule has 0 bridgehead atoms. The Bertz CT molecular complexity index is 1520. The predicted molar refractivity (Wildman–Crippen MR) is 210 cm³/mol. The molecule has 0 saturated heterocycles. The third kappa shape index (κ3) is 7.95. The summed E-state index contributed by atoms with van der Waals surface area (Å²) in [5.74, 6) is 1.49. The molecule has 0 spiro atoms. The molecule has 3 saturated carbocycles. The molecule has 8 atom stereocenters. The minimum Gasteiger partial charge on any atom is -0.481 e. The normalized spacial score (nSPS) is 32.4. The standard InChI is InChI=1S/C45H68ClNO5/c1-10-32-18-21-44(9)35-19-22-45(23-24-47(11-2)28-31-13-12-14-33(46)25-31)26-36(48)39(29(3)4)40(45)34(35)15-16-37(44)43(32,8)20-17-30(5)52-38(49)27-42(6,7)41(50)51/h12-14,25,29-30,32,34-35,37H,10-11,15-24,26-28H2,1-9H3,(H,50,51). The fraction of sp³-hybridized carbons (Fsp3) is 0.756. The third-order valence-corrected chi connectivity index (χ3v) is 15.2. The molecule has 4 aliphatic carbocycles. The molecule has 52 heavy (non-hydrogen) atoms. The molecule has 0 radical (unpaired) electrons. The number of benzene rings is 1. The summed E-state index contributed by atoms with van der Waals surface area (Å²) in [6.07, 6.45) is 11.4. The minimum atomic E-state index is -1.14. The number of esters is 1. The van der Waals surface area contributed by atoms with Crippen LogP contribution in [0.15, 0.2) is 35.4 Å². The molecule has 0 aromatic heterocycles. The first kappa shape index (κ1) is 41.0. The zero-order valence-corrected chi connectivity index (χ0v) is 34.5. The second-order valence-corrected chi connectivity index (χ2v) is 19.3. The van der Waals surface area contributed by atoms with E-state index in [4.69, 9.17) is 16.3 Å². The van der Waals surface area contributed by atoms with Crippen molar-refractivity contribution in [2.45, 2.75) is 152 Å². The summed E-state index contributed by atoms with van der Waals surface area (Å²) in [5, 5.41) is 10.3. The molecule has 0 amide bonds. The van der Waals surface area contributed by atoms with Gasteiger partial charge in [-0.05, 0) is 155 Å². The van der Waals surface area contributed by atoms with E-state index in [1.165, 1.54) is 36.8 Å². The van der Waals surface area contributed by atoms with E-state index in [2.05, 4.69) is 58.6 Å². The quantitative estimate of drug-likeness (QED) is 0.180. The number of carboxylic acid groups (broad SMARTS) is 1. The number of halogens is 1. The van der Waals surface area contributed by atoms with Crippen molar-refractivity contribution in [3.63, 3.8) is 0 Å². The van der Waals surface area contributed by atoms with E-state index >= 15 is 0 Å². The number of hydrogen-bond acceptors (Lipinski definition) is 5. The first-order valence-corrected chi connectivity index (χ1v) is 21.0. The van der Waals surface area contributed by atoms with E-state index in [0.717, 1.165) is 63.2 Å². The van der Waals surface area contributed by atoms with Gasteiger partial charge in [-0.25, -0.2) is 0 Å². The number of aliphatic carboxylic acids is 1. The number of fused-ring (bicyclic) bond motifs is 5. The molecule has 4 aliphatic rings. The van der Waals surface area contributed by atoms with Crippen LogP contribution in [0, 0.1) is 51.2 Å². The molecule has 3 fully saturated rings. The van der Waals surface area contributed by atoms with Gasteiger partial charge >= 0.3 is 11.9 Å². The maximum Gasteiger partial charge on any atom is 0.309 e. The van der Waals surface area contributed by atoms with Gasteiger partial charge in [0.1, 0.15) is 0 Å².